The van der Waals surface area contributed by atoms with Crippen LogP contribution in [0.5, 0.6) is 0 Å². The van der Waals surface area contributed by atoms with E-state index in [9.17, 15) is 4.79 Å². The molecular formula is C13H19NO3S. The number of hydrogen-bond donors (Lipinski definition) is 1. The summed E-state index contributed by atoms with van der Waals surface area (Å²) in [5, 5.41) is 2.91. The largest absolute Gasteiger partial charge is 0.354 e. The SMILES string of the molecule is COC(OC)C(C)NC(=O)c1cc2c(s1)CCC2. The minimum atomic E-state index is -0.416. The van der Waals surface area contributed by atoms with Gasteiger partial charge in [0.15, 0.2) is 6.29 Å². The molecule has 0 fully saturated rings. The van der Waals surface area contributed by atoms with Crippen molar-refractivity contribution in [2.24, 2.45) is 0 Å². The summed E-state index contributed by atoms with van der Waals surface area (Å²) in [7, 11) is 3.13. The first kappa shape index (κ1) is 13.5. The fourth-order valence-corrected chi connectivity index (χ4v) is 3.45. The predicted molar refractivity (Wildman–Crippen MR) is 71.1 cm³/mol. The first-order chi connectivity index (χ1) is 8.65. The molecule has 0 spiro atoms. The lowest BCUT2D eigenvalue weighted by Gasteiger charge is -2.21. The Kier molecular flexibility index (Phi) is 4.37. The molecule has 4 nitrogen and oxygen atoms in total. The highest BCUT2D eigenvalue weighted by molar-refractivity contribution is 7.14. The number of carbonyl (C=O) groups excluding carboxylic acids is 1. The monoisotopic (exact) mass is 269 g/mol. The Morgan fingerprint density at radius 2 is 2.11 bits per heavy atom. The molecule has 1 aliphatic carbocycles. The van der Waals surface area contributed by atoms with Crippen LogP contribution < -0.4 is 5.32 Å². The summed E-state index contributed by atoms with van der Waals surface area (Å²) in [5.41, 5.74) is 1.34. The van der Waals surface area contributed by atoms with Gasteiger partial charge in [0, 0.05) is 19.1 Å². The van der Waals surface area contributed by atoms with E-state index in [-0.39, 0.29) is 11.9 Å². The zero-order chi connectivity index (χ0) is 13.1. The fourth-order valence-electron chi connectivity index (χ4n) is 2.29. The average molecular weight is 269 g/mol. The van der Waals surface area contributed by atoms with E-state index >= 15 is 0 Å². The van der Waals surface area contributed by atoms with Gasteiger partial charge in [-0.25, -0.2) is 0 Å². The number of hydrogen-bond acceptors (Lipinski definition) is 4. The molecule has 100 valence electrons. The second-order valence-corrected chi connectivity index (χ2v) is 5.65. The van der Waals surface area contributed by atoms with Gasteiger partial charge in [0.1, 0.15) is 0 Å². The van der Waals surface area contributed by atoms with Gasteiger partial charge in [-0.15, -0.1) is 11.3 Å². The topological polar surface area (TPSA) is 47.6 Å². The summed E-state index contributed by atoms with van der Waals surface area (Å²) in [6, 6.07) is 1.84. The van der Waals surface area contributed by atoms with Gasteiger partial charge in [0.05, 0.1) is 10.9 Å². The number of rotatable bonds is 5. The molecule has 0 aliphatic heterocycles. The van der Waals surface area contributed by atoms with Gasteiger partial charge >= 0.3 is 0 Å². The third kappa shape index (κ3) is 2.74. The Bertz CT molecular complexity index is 404. The molecule has 1 aliphatic rings. The molecular weight excluding hydrogens is 250 g/mol. The van der Waals surface area contributed by atoms with Crippen molar-refractivity contribution in [3.8, 4) is 0 Å². The molecule has 1 aromatic rings. The maximum absolute atomic E-state index is 12.1. The van der Waals surface area contributed by atoms with Crippen LogP contribution in [0.4, 0.5) is 0 Å². The number of carbonyl (C=O) groups is 1. The van der Waals surface area contributed by atoms with Crippen LogP contribution in [0.15, 0.2) is 6.07 Å². The molecule has 0 radical (unpaired) electrons. The summed E-state index contributed by atoms with van der Waals surface area (Å²) in [5.74, 6) is -0.0407. The van der Waals surface area contributed by atoms with Crippen molar-refractivity contribution < 1.29 is 14.3 Å². The highest BCUT2D eigenvalue weighted by Gasteiger charge is 2.22. The predicted octanol–water partition coefficient (Wildman–Crippen LogP) is 1.97. The fraction of sp³-hybridized carbons (Fsp3) is 0.615. The van der Waals surface area contributed by atoms with E-state index in [1.54, 1.807) is 25.6 Å². The van der Waals surface area contributed by atoms with Crippen molar-refractivity contribution in [3.05, 3.63) is 21.4 Å². The number of fused-ring (bicyclic) bond motifs is 1. The number of ether oxygens (including phenoxy) is 2. The highest BCUT2D eigenvalue weighted by atomic mass is 32.1. The van der Waals surface area contributed by atoms with Crippen LogP contribution in [0.25, 0.3) is 0 Å². The third-order valence-corrected chi connectivity index (χ3v) is 4.44. The standard InChI is InChI=1S/C13H19NO3S/c1-8(13(16-2)17-3)14-12(15)11-7-9-5-4-6-10(9)18-11/h7-8,13H,4-6H2,1-3H3,(H,14,15). The Hall–Kier alpha value is -0.910. The zero-order valence-electron chi connectivity index (χ0n) is 11.0. The van der Waals surface area contributed by atoms with Crippen LogP contribution in [0, 0.1) is 0 Å². The van der Waals surface area contributed by atoms with E-state index < -0.39 is 6.29 Å². The first-order valence-electron chi connectivity index (χ1n) is 6.13. The molecule has 0 saturated carbocycles. The molecule has 0 saturated heterocycles. The Labute approximate surface area is 111 Å². The summed E-state index contributed by atoms with van der Waals surface area (Å²) < 4.78 is 10.3. The number of amides is 1. The first-order valence-corrected chi connectivity index (χ1v) is 6.95. The molecule has 1 amide bonds. The number of nitrogens with one attached hydrogen (secondary N) is 1. The quantitative estimate of drug-likeness (QED) is 0.831. The van der Waals surface area contributed by atoms with Gasteiger partial charge in [-0.05, 0) is 37.8 Å². The van der Waals surface area contributed by atoms with E-state index in [4.69, 9.17) is 9.47 Å². The maximum atomic E-state index is 12.1. The van der Waals surface area contributed by atoms with Crippen molar-refractivity contribution in [2.45, 2.75) is 38.5 Å². The van der Waals surface area contributed by atoms with Crippen LogP contribution in [-0.4, -0.2) is 32.5 Å². The van der Waals surface area contributed by atoms with Crippen molar-refractivity contribution in [2.75, 3.05) is 14.2 Å². The van der Waals surface area contributed by atoms with Gasteiger partial charge in [0.25, 0.3) is 5.91 Å². The normalized spacial score (nSPS) is 15.8. The molecule has 5 heteroatoms. The van der Waals surface area contributed by atoms with E-state index in [2.05, 4.69) is 5.32 Å². The number of methoxy groups -OCH3 is 2. The van der Waals surface area contributed by atoms with Crippen molar-refractivity contribution in [3.63, 3.8) is 0 Å². The molecule has 1 N–H and O–H groups in total. The minimum absolute atomic E-state index is 0.0407. The van der Waals surface area contributed by atoms with Gasteiger partial charge < -0.3 is 14.8 Å². The molecule has 1 aromatic heterocycles. The Morgan fingerprint density at radius 3 is 2.72 bits per heavy atom. The second-order valence-electron chi connectivity index (χ2n) is 4.51. The van der Waals surface area contributed by atoms with Gasteiger partial charge in [-0.1, -0.05) is 0 Å². The van der Waals surface area contributed by atoms with Crippen LogP contribution in [0.3, 0.4) is 0 Å². The number of aryl methyl sites for hydroxylation is 2. The zero-order valence-corrected chi connectivity index (χ0v) is 11.8. The van der Waals surface area contributed by atoms with Crippen LogP contribution in [0.2, 0.25) is 0 Å². The highest BCUT2D eigenvalue weighted by Crippen LogP contribution is 2.30. The molecule has 1 heterocycles. The van der Waals surface area contributed by atoms with Crippen molar-refractivity contribution in [1.29, 1.82) is 0 Å². The van der Waals surface area contributed by atoms with E-state index in [0.717, 1.165) is 17.7 Å². The molecule has 18 heavy (non-hydrogen) atoms. The van der Waals surface area contributed by atoms with E-state index in [1.807, 2.05) is 13.0 Å². The minimum Gasteiger partial charge on any atom is -0.354 e. The van der Waals surface area contributed by atoms with E-state index in [1.165, 1.54) is 16.9 Å². The van der Waals surface area contributed by atoms with Gasteiger partial charge in [0.2, 0.25) is 0 Å². The van der Waals surface area contributed by atoms with Crippen LogP contribution in [-0.2, 0) is 22.3 Å². The average Bonchev–Trinajstić information content (AvgIpc) is 2.90. The Balaban J connectivity index is 1.98. The molecule has 0 bridgehead atoms. The summed E-state index contributed by atoms with van der Waals surface area (Å²) in [4.78, 5) is 14.2. The lowest BCUT2D eigenvalue weighted by atomic mass is 10.2. The van der Waals surface area contributed by atoms with Crippen LogP contribution in [0.1, 0.15) is 33.5 Å². The third-order valence-electron chi connectivity index (χ3n) is 3.20. The van der Waals surface area contributed by atoms with Crippen molar-refractivity contribution >= 4 is 17.2 Å². The number of thiophene rings is 1. The summed E-state index contributed by atoms with van der Waals surface area (Å²) >= 11 is 1.61. The molecule has 1 atom stereocenters. The molecule has 1 unspecified atom stereocenters. The summed E-state index contributed by atoms with van der Waals surface area (Å²) in [6.45, 7) is 1.87. The lowest BCUT2D eigenvalue weighted by Crippen LogP contribution is -2.42. The molecule has 0 aromatic carbocycles. The lowest BCUT2D eigenvalue weighted by molar-refractivity contribution is -0.117. The maximum Gasteiger partial charge on any atom is 0.261 e. The van der Waals surface area contributed by atoms with Crippen molar-refractivity contribution in [1.82, 2.24) is 5.32 Å². The second kappa shape index (κ2) is 5.82. The molecule has 2 rings (SSSR count). The smallest absolute Gasteiger partial charge is 0.261 e. The summed E-state index contributed by atoms with van der Waals surface area (Å²) in [6.07, 6.45) is 3.02. The van der Waals surface area contributed by atoms with Gasteiger partial charge in [-0.3, -0.25) is 4.79 Å². The van der Waals surface area contributed by atoms with E-state index in [0.29, 0.717) is 0 Å². The van der Waals surface area contributed by atoms with Gasteiger partial charge in [-0.2, -0.15) is 0 Å². The Morgan fingerprint density at radius 1 is 1.39 bits per heavy atom. The van der Waals surface area contributed by atoms with Crippen LogP contribution >= 0.6 is 11.3 Å².